The highest BCUT2D eigenvalue weighted by Crippen LogP contribution is 2.24. The molecule has 1 unspecified atom stereocenters. The molecule has 0 fully saturated rings. The van der Waals surface area contributed by atoms with Crippen molar-refractivity contribution in [2.75, 3.05) is 11.9 Å². The number of nitrogens with zero attached hydrogens (tertiary/aromatic N) is 1. The minimum atomic E-state index is -0.186. The molecule has 1 atom stereocenters. The minimum Gasteiger partial charge on any atom is -0.369 e. The van der Waals surface area contributed by atoms with Crippen LogP contribution in [-0.4, -0.2) is 13.1 Å². The van der Waals surface area contributed by atoms with E-state index in [2.05, 4.69) is 13.8 Å². The molecule has 3 heteroatoms. The summed E-state index contributed by atoms with van der Waals surface area (Å²) in [6.45, 7) is 6.11. The van der Waals surface area contributed by atoms with Crippen LogP contribution < -0.4 is 10.6 Å². The summed E-state index contributed by atoms with van der Waals surface area (Å²) in [7, 11) is 1.95. The average molecular weight is 238 g/mol. The van der Waals surface area contributed by atoms with E-state index in [0.717, 1.165) is 18.4 Å². The third kappa shape index (κ3) is 3.19. The average Bonchev–Trinajstić information content (AvgIpc) is 2.30. The Morgan fingerprint density at radius 1 is 1.29 bits per heavy atom. The lowest BCUT2D eigenvalue weighted by atomic mass is 10.1. The summed E-state index contributed by atoms with van der Waals surface area (Å²) < 4.78 is 14.0. The predicted octanol–water partition coefficient (Wildman–Crippen LogP) is 3.47. The van der Waals surface area contributed by atoms with Gasteiger partial charge in [-0.15, -0.1) is 0 Å². The topological polar surface area (TPSA) is 29.3 Å². The summed E-state index contributed by atoms with van der Waals surface area (Å²) in [5, 5.41) is 0. The molecule has 0 bridgehead atoms. The van der Waals surface area contributed by atoms with Crippen molar-refractivity contribution >= 4 is 5.69 Å². The monoisotopic (exact) mass is 238 g/mol. The van der Waals surface area contributed by atoms with Gasteiger partial charge >= 0.3 is 0 Å². The van der Waals surface area contributed by atoms with Crippen LogP contribution in [0.1, 0.15) is 45.2 Å². The molecule has 1 aromatic rings. The van der Waals surface area contributed by atoms with Gasteiger partial charge in [0, 0.05) is 19.1 Å². The number of hydrogen-bond acceptors (Lipinski definition) is 2. The van der Waals surface area contributed by atoms with Gasteiger partial charge in [-0.25, -0.2) is 4.39 Å². The molecule has 96 valence electrons. The van der Waals surface area contributed by atoms with Crippen LogP contribution in [-0.2, 0) is 0 Å². The van der Waals surface area contributed by atoms with E-state index >= 15 is 0 Å². The Morgan fingerprint density at radius 2 is 1.88 bits per heavy atom. The van der Waals surface area contributed by atoms with Gasteiger partial charge < -0.3 is 10.6 Å². The maximum absolute atomic E-state index is 14.0. The Bertz CT molecular complexity index is 359. The first-order chi connectivity index (χ1) is 8.01. The van der Waals surface area contributed by atoms with Crippen LogP contribution in [0.3, 0.4) is 0 Å². The molecule has 0 amide bonds. The Kier molecular flexibility index (Phi) is 4.94. The van der Waals surface area contributed by atoms with Crippen molar-refractivity contribution in [1.29, 1.82) is 0 Å². The fourth-order valence-corrected chi connectivity index (χ4v) is 2.13. The summed E-state index contributed by atoms with van der Waals surface area (Å²) >= 11 is 0. The van der Waals surface area contributed by atoms with E-state index in [-0.39, 0.29) is 11.9 Å². The first kappa shape index (κ1) is 14.0. The normalized spacial score (nSPS) is 12.9. The summed E-state index contributed by atoms with van der Waals surface area (Å²) in [6.07, 6.45) is 2.03. The molecule has 0 saturated heterocycles. The van der Waals surface area contributed by atoms with E-state index in [9.17, 15) is 4.39 Å². The summed E-state index contributed by atoms with van der Waals surface area (Å²) in [5.41, 5.74) is 7.23. The summed E-state index contributed by atoms with van der Waals surface area (Å²) in [4.78, 5) is 2.01. The molecule has 2 N–H and O–H groups in total. The number of benzene rings is 1. The van der Waals surface area contributed by atoms with Gasteiger partial charge in [0.1, 0.15) is 5.82 Å². The highest BCUT2D eigenvalue weighted by molar-refractivity contribution is 5.49. The fraction of sp³-hybridized carbons (Fsp3) is 0.571. The van der Waals surface area contributed by atoms with Crippen LogP contribution in [0, 0.1) is 5.82 Å². The van der Waals surface area contributed by atoms with Gasteiger partial charge in [0.25, 0.3) is 0 Å². The quantitative estimate of drug-likeness (QED) is 0.851. The molecule has 2 nitrogen and oxygen atoms in total. The van der Waals surface area contributed by atoms with Crippen LogP contribution in [0.5, 0.6) is 0 Å². The Labute approximate surface area is 104 Å². The van der Waals surface area contributed by atoms with Crippen molar-refractivity contribution in [3.05, 3.63) is 29.6 Å². The zero-order chi connectivity index (χ0) is 13.0. The van der Waals surface area contributed by atoms with Crippen molar-refractivity contribution in [2.45, 2.75) is 45.7 Å². The molecule has 0 heterocycles. The summed E-state index contributed by atoms with van der Waals surface area (Å²) in [6, 6.07) is 5.52. The number of nitrogens with two attached hydrogens (primary N) is 1. The highest BCUT2D eigenvalue weighted by Gasteiger charge is 2.15. The minimum absolute atomic E-state index is 0.128. The molecule has 0 aliphatic rings. The zero-order valence-corrected chi connectivity index (χ0v) is 11.2. The molecular formula is C14H23FN2. The van der Waals surface area contributed by atoms with Crippen molar-refractivity contribution < 1.29 is 4.39 Å². The van der Waals surface area contributed by atoms with Crippen molar-refractivity contribution in [3.8, 4) is 0 Å². The molecule has 17 heavy (non-hydrogen) atoms. The van der Waals surface area contributed by atoms with Gasteiger partial charge in [0.2, 0.25) is 0 Å². The smallest absolute Gasteiger partial charge is 0.146 e. The number of hydrogen-bond donors (Lipinski definition) is 1. The van der Waals surface area contributed by atoms with Crippen LogP contribution in [0.15, 0.2) is 18.2 Å². The van der Waals surface area contributed by atoms with E-state index in [1.807, 2.05) is 31.0 Å². The molecule has 0 spiro atoms. The molecule has 1 rings (SSSR count). The van der Waals surface area contributed by atoms with Crippen LogP contribution in [0.25, 0.3) is 0 Å². The third-order valence-electron chi connectivity index (χ3n) is 3.37. The van der Waals surface area contributed by atoms with Gasteiger partial charge in [-0.05, 0) is 37.5 Å². The SMILES string of the molecule is CCC(CC)N(C)c1ccc(C(C)N)cc1F. The zero-order valence-electron chi connectivity index (χ0n) is 11.2. The second kappa shape index (κ2) is 6.01. The van der Waals surface area contributed by atoms with Crippen LogP contribution in [0.4, 0.5) is 10.1 Å². The maximum atomic E-state index is 14.0. The van der Waals surface area contributed by atoms with E-state index < -0.39 is 0 Å². The third-order valence-corrected chi connectivity index (χ3v) is 3.37. The maximum Gasteiger partial charge on any atom is 0.146 e. The van der Waals surface area contributed by atoms with Crippen LogP contribution in [0.2, 0.25) is 0 Å². The second-order valence-corrected chi connectivity index (χ2v) is 4.58. The molecule has 1 aromatic carbocycles. The van der Waals surface area contributed by atoms with E-state index in [1.165, 1.54) is 0 Å². The number of rotatable bonds is 5. The molecule has 0 aliphatic carbocycles. The van der Waals surface area contributed by atoms with Crippen molar-refractivity contribution in [2.24, 2.45) is 5.73 Å². The van der Waals surface area contributed by atoms with Crippen LogP contribution >= 0.6 is 0 Å². The van der Waals surface area contributed by atoms with E-state index in [1.54, 1.807) is 6.07 Å². The Morgan fingerprint density at radius 3 is 2.29 bits per heavy atom. The lowest BCUT2D eigenvalue weighted by Gasteiger charge is -2.29. The van der Waals surface area contributed by atoms with Gasteiger partial charge in [0.15, 0.2) is 0 Å². The number of halogens is 1. The molecule has 0 aliphatic heterocycles. The molecule has 0 radical (unpaired) electrons. The van der Waals surface area contributed by atoms with Gasteiger partial charge in [-0.3, -0.25) is 0 Å². The Hall–Kier alpha value is -1.09. The molecule has 0 saturated carbocycles. The van der Waals surface area contributed by atoms with Crippen molar-refractivity contribution in [1.82, 2.24) is 0 Å². The Balaban J connectivity index is 2.99. The largest absolute Gasteiger partial charge is 0.369 e. The number of anilines is 1. The molecular weight excluding hydrogens is 215 g/mol. The fourth-order valence-electron chi connectivity index (χ4n) is 2.13. The lowest BCUT2D eigenvalue weighted by molar-refractivity contribution is 0.564. The van der Waals surface area contributed by atoms with E-state index in [4.69, 9.17) is 5.73 Å². The van der Waals surface area contributed by atoms with Gasteiger partial charge in [-0.2, -0.15) is 0 Å². The van der Waals surface area contributed by atoms with Crippen molar-refractivity contribution in [3.63, 3.8) is 0 Å². The lowest BCUT2D eigenvalue weighted by Crippen LogP contribution is -2.31. The molecule has 0 aromatic heterocycles. The van der Waals surface area contributed by atoms with E-state index in [0.29, 0.717) is 11.7 Å². The predicted molar refractivity (Wildman–Crippen MR) is 71.8 cm³/mol. The first-order valence-electron chi connectivity index (χ1n) is 6.29. The first-order valence-corrected chi connectivity index (χ1v) is 6.29. The second-order valence-electron chi connectivity index (χ2n) is 4.58. The highest BCUT2D eigenvalue weighted by atomic mass is 19.1. The van der Waals surface area contributed by atoms with Gasteiger partial charge in [0.05, 0.1) is 5.69 Å². The van der Waals surface area contributed by atoms with Gasteiger partial charge in [-0.1, -0.05) is 19.9 Å². The standard InChI is InChI=1S/C14H23FN2/c1-5-12(6-2)17(4)14-8-7-11(10(3)16)9-13(14)15/h7-10,12H,5-6,16H2,1-4H3. The summed E-state index contributed by atoms with van der Waals surface area (Å²) in [5.74, 6) is -0.186.